The normalized spacial score (nSPS) is 10.5. The van der Waals surface area contributed by atoms with Gasteiger partial charge in [-0.3, -0.25) is 4.79 Å². The highest BCUT2D eigenvalue weighted by Crippen LogP contribution is 2.25. The van der Waals surface area contributed by atoms with Crippen LogP contribution in [0.4, 0.5) is 0 Å². The lowest BCUT2D eigenvalue weighted by Crippen LogP contribution is -1.98. The number of carbonyl (C=O) groups is 1. The molecule has 0 aliphatic carbocycles. The lowest BCUT2D eigenvalue weighted by Gasteiger charge is -2.06. The van der Waals surface area contributed by atoms with E-state index < -0.39 is 0 Å². The lowest BCUT2D eigenvalue weighted by atomic mass is 10.2. The number of aryl methyl sites for hydroxylation is 1. The molecule has 5 heteroatoms. The Labute approximate surface area is 139 Å². The number of nitrogens with zero attached hydrogens (tertiary/aromatic N) is 2. The van der Waals surface area contributed by atoms with Gasteiger partial charge >= 0.3 is 0 Å². The van der Waals surface area contributed by atoms with Crippen molar-refractivity contribution in [2.45, 2.75) is 13.5 Å². The van der Waals surface area contributed by atoms with Gasteiger partial charge in [-0.1, -0.05) is 29.8 Å². The Morgan fingerprint density at radius 2 is 1.83 bits per heavy atom. The molecule has 0 amide bonds. The summed E-state index contributed by atoms with van der Waals surface area (Å²) < 4.78 is 7.45. The number of aromatic nitrogens is 2. The van der Waals surface area contributed by atoms with Crippen LogP contribution in [0.1, 0.15) is 21.6 Å². The standard InChI is InChI=1S/C18H15ClN2O2/c1-13-17(12-23-16-9-7-14(11-22)8-10-16)18(19)21(20-13)15-5-3-2-4-6-15/h2-11H,12H2,1H3. The Hall–Kier alpha value is -2.59. The van der Waals surface area contributed by atoms with E-state index in [1.54, 1.807) is 28.9 Å². The molecular weight excluding hydrogens is 312 g/mol. The van der Waals surface area contributed by atoms with Gasteiger partial charge in [0.05, 0.1) is 11.4 Å². The van der Waals surface area contributed by atoms with Crippen molar-refractivity contribution in [3.63, 3.8) is 0 Å². The van der Waals surface area contributed by atoms with Crippen LogP contribution >= 0.6 is 11.6 Å². The van der Waals surface area contributed by atoms with Crippen molar-refractivity contribution in [3.05, 3.63) is 76.6 Å². The number of benzene rings is 2. The molecule has 23 heavy (non-hydrogen) atoms. The average Bonchev–Trinajstić information content (AvgIpc) is 2.88. The summed E-state index contributed by atoms with van der Waals surface area (Å²) in [6.45, 7) is 2.22. The summed E-state index contributed by atoms with van der Waals surface area (Å²) in [6.07, 6.45) is 0.800. The van der Waals surface area contributed by atoms with Crippen LogP contribution in [0.2, 0.25) is 5.15 Å². The van der Waals surface area contributed by atoms with Crippen LogP contribution < -0.4 is 4.74 Å². The molecule has 1 aromatic heterocycles. The Bertz CT molecular complexity index is 811. The second-order valence-corrected chi connectivity index (χ2v) is 5.44. The smallest absolute Gasteiger partial charge is 0.150 e. The molecule has 116 valence electrons. The molecular formula is C18H15ClN2O2. The van der Waals surface area contributed by atoms with E-state index in [1.165, 1.54) is 0 Å². The maximum absolute atomic E-state index is 10.7. The molecule has 0 saturated heterocycles. The molecule has 2 aromatic carbocycles. The lowest BCUT2D eigenvalue weighted by molar-refractivity contribution is 0.112. The predicted octanol–water partition coefficient (Wildman–Crippen LogP) is 4.23. The average molecular weight is 327 g/mol. The Kier molecular flexibility index (Phi) is 4.44. The highest BCUT2D eigenvalue weighted by atomic mass is 35.5. The van der Waals surface area contributed by atoms with E-state index in [1.807, 2.05) is 37.3 Å². The van der Waals surface area contributed by atoms with Crippen molar-refractivity contribution in [1.29, 1.82) is 0 Å². The van der Waals surface area contributed by atoms with E-state index in [0.29, 0.717) is 23.1 Å². The summed E-state index contributed by atoms with van der Waals surface area (Å²) in [5.74, 6) is 0.679. The molecule has 0 spiro atoms. The number of aldehydes is 1. The molecule has 0 fully saturated rings. The molecule has 0 N–H and O–H groups in total. The van der Waals surface area contributed by atoms with Gasteiger partial charge in [0.1, 0.15) is 23.8 Å². The molecule has 1 heterocycles. The molecule has 0 aliphatic rings. The van der Waals surface area contributed by atoms with Crippen molar-refractivity contribution in [3.8, 4) is 11.4 Å². The molecule has 3 aromatic rings. The zero-order chi connectivity index (χ0) is 16.2. The van der Waals surface area contributed by atoms with Crippen LogP contribution in [0.3, 0.4) is 0 Å². The van der Waals surface area contributed by atoms with Gasteiger partial charge in [-0.05, 0) is 43.3 Å². The largest absolute Gasteiger partial charge is 0.489 e. The van der Waals surface area contributed by atoms with Gasteiger partial charge in [0.15, 0.2) is 0 Å². The zero-order valence-corrected chi connectivity index (χ0v) is 13.3. The highest BCUT2D eigenvalue weighted by Gasteiger charge is 2.15. The third-order valence-electron chi connectivity index (χ3n) is 3.52. The molecule has 0 bridgehead atoms. The van der Waals surface area contributed by atoms with Crippen molar-refractivity contribution < 1.29 is 9.53 Å². The quantitative estimate of drug-likeness (QED) is 0.659. The monoisotopic (exact) mass is 326 g/mol. The third-order valence-corrected chi connectivity index (χ3v) is 3.91. The van der Waals surface area contributed by atoms with E-state index in [9.17, 15) is 4.79 Å². The first-order valence-electron chi connectivity index (χ1n) is 7.16. The number of halogens is 1. The summed E-state index contributed by atoms with van der Waals surface area (Å²) in [7, 11) is 0. The van der Waals surface area contributed by atoms with E-state index in [-0.39, 0.29) is 0 Å². The van der Waals surface area contributed by atoms with E-state index >= 15 is 0 Å². The van der Waals surface area contributed by atoms with Crippen LogP contribution in [0.5, 0.6) is 5.75 Å². The minimum absolute atomic E-state index is 0.317. The summed E-state index contributed by atoms with van der Waals surface area (Å²) in [6, 6.07) is 16.7. The van der Waals surface area contributed by atoms with E-state index in [2.05, 4.69) is 5.10 Å². The maximum Gasteiger partial charge on any atom is 0.150 e. The van der Waals surface area contributed by atoms with Gasteiger partial charge in [-0.2, -0.15) is 5.10 Å². The maximum atomic E-state index is 10.7. The van der Waals surface area contributed by atoms with Gasteiger partial charge in [-0.25, -0.2) is 4.68 Å². The highest BCUT2D eigenvalue weighted by molar-refractivity contribution is 6.30. The van der Waals surface area contributed by atoms with E-state index in [4.69, 9.17) is 16.3 Å². The van der Waals surface area contributed by atoms with Crippen molar-refractivity contribution in [2.24, 2.45) is 0 Å². The molecule has 0 unspecified atom stereocenters. The van der Waals surface area contributed by atoms with Crippen molar-refractivity contribution in [1.82, 2.24) is 9.78 Å². The predicted molar refractivity (Wildman–Crippen MR) is 89.5 cm³/mol. The summed E-state index contributed by atoms with van der Waals surface area (Å²) in [5.41, 5.74) is 3.18. The van der Waals surface area contributed by atoms with Gasteiger partial charge in [0, 0.05) is 11.1 Å². The van der Waals surface area contributed by atoms with Crippen LogP contribution in [0.15, 0.2) is 54.6 Å². The molecule has 0 aliphatic heterocycles. The second-order valence-electron chi connectivity index (χ2n) is 5.08. The first-order chi connectivity index (χ1) is 11.2. The first kappa shape index (κ1) is 15.3. The fourth-order valence-corrected chi connectivity index (χ4v) is 2.56. The molecule has 0 radical (unpaired) electrons. The van der Waals surface area contributed by atoms with Gasteiger partial charge in [0.2, 0.25) is 0 Å². The topological polar surface area (TPSA) is 44.1 Å². The second kappa shape index (κ2) is 6.67. The Morgan fingerprint density at radius 1 is 1.13 bits per heavy atom. The number of ether oxygens (including phenoxy) is 1. The number of rotatable bonds is 5. The Balaban J connectivity index is 1.80. The van der Waals surface area contributed by atoms with Crippen molar-refractivity contribution >= 4 is 17.9 Å². The number of hydrogen-bond acceptors (Lipinski definition) is 3. The molecule has 0 atom stereocenters. The number of hydrogen-bond donors (Lipinski definition) is 0. The van der Waals surface area contributed by atoms with E-state index in [0.717, 1.165) is 23.2 Å². The summed E-state index contributed by atoms with van der Waals surface area (Å²) in [4.78, 5) is 10.7. The molecule has 0 saturated carbocycles. The van der Waals surface area contributed by atoms with Gasteiger partial charge in [0.25, 0.3) is 0 Å². The first-order valence-corrected chi connectivity index (χ1v) is 7.54. The van der Waals surface area contributed by atoms with Crippen LogP contribution in [0, 0.1) is 6.92 Å². The number of para-hydroxylation sites is 1. The van der Waals surface area contributed by atoms with Crippen LogP contribution in [-0.4, -0.2) is 16.1 Å². The van der Waals surface area contributed by atoms with Gasteiger partial charge < -0.3 is 4.74 Å². The van der Waals surface area contributed by atoms with Crippen LogP contribution in [0.25, 0.3) is 5.69 Å². The summed E-state index contributed by atoms with van der Waals surface area (Å²) >= 11 is 6.45. The summed E-state index contributed by atoms with van der Waals surface area (Å²) in [5, 5.41) is 5.02. The minimum atomic E-state index is 0.317. The zero-order valence-electron chi connectivity index (χ0n) is 12.6. The Morgan fingerprint density at radius 3 is 2.48 bits per heavy atom. The molecule has 3 rings (SSSR count). The van der Waals surface area contributed by atoms with Crippen LogP contribution in [-0.2, 0) is 6.61 Å². The molecule has 4 nitrogen and oxygen atoms in total. The fourth-order valence-electron chi connectivity index (χ4n) is 2.23. The van der Waals surface area contributed by atoms with Gasteiger partial charge in [-0.15, -0.1) is 0 Å². The number of carbonyl (C=O) groups excluding carboxylic acids is 1. The fraction of sp³-hybridized carbons (Fsp3) is 0.111. The minimum Gasteiger partial charge on any atom is -0.489 e. The SMILES string of the molecule is Cc1nn(-c2ccccc2)c(Cl)c1COc1ccc(C=O)cc1. The third kappa shape index (κ3) is 3.27. The van der Waals surface area contributed by atoms with Crippen molar-refractivity contribution in [2.75, 3.05) is 0 Å².